The molecule has 0 aliphatic carbocycles. The van der Waals surface area contributed by atoms with Crippen molar-refractivity contribution in [3.8, 4) is 5.75 Å². The molecule has 0 bridgehead atoms. The number of primary amides is 1. The van der Waals surface area contributed by atoms with Gasteiger partial charge in [-0.25, -0.2) is 0 Å². The first-order valence-corrected chi connectivity index (χ1v) is 10.9. The van der Waals surface area contributed by atoms with Gasteiger partial charge in [-0.05, 0) is 56.6 Å². The van der Waals surface area contributed by atoms with E-state index in [1.807, 2.05) is 12.1 Å². The third-order valence-corrected chi connectivity index (χ3v) is 6.36. The Morgan fingerprint density at radius 1 is 1.21 bits per heavy atom. The molecule has 1 aliphatic rings. The number of benzene rings is 2. The van der Waals surface area contributed by atoms with E-state index < -0.39 is 5.91 Å². The second-order valence-electron chi connectivity index (χ2n) is 8.70. The quantitative estimate of drug-likeness (QED) is 0.416. The topological polar surface area (TPSA) is 139 Å². The molecule has 1 aliphatic heterocycles. The van der Waals surface area contributed by atoms with Crippen LogP contribution >= 0.6 is 0 Å². The molecule has 1 aromatic heterocycles. The zero-order chi connectivity index (χ0) is 24.5. The Morgan fingerprint density at radius 3 is 2.68 bits per heavy atom. The summed E-state index contributed by atoms with van der Waals surface area (Å²) in [5.41, 5.74) is 9.52. The molecule has 2 aromatic carbocycles. The fraction of sp³-hybridized carbons (Fsp3) is 0.333. The fourth-order valence-electron chi connectivity index (χ4n) is 4.10. The van der Waals surface area contributed by atoms with Gasteiger partial charge in [0.15, 0.2) is 11.5 Å². The first-order valence-electron chi connectivity index (χ1n) is 10.9. The van der Waals surface area contributed by atoms with Crippen molar-refractivity contribution >= 4 is 29.0 Å². The highest BCUT2D eigenvalue weighted by molar-refractivity contribution is 5.96. The molecule has 34 heavy (non-hydrogen) atoms. The molecule has 2 heterocycles. The van der Waals surface area contributed by atoms with E-state index in [1.165, 1.54) is 11.1 Å². The Hall–Kier alpha value is -3.76. The summed E-state index contributed by atoms with van der Waals surface area (Å²) >= 11 is 0. The van der Waals surface area contributed by atoms with Crippen molar-refractivity contribution in [2.75, 3.05) is 31.3 Å². The Bertz CT molecular complexity index is 1230. The summed E-state index contributed by atoms with van der Waals surface area (Å²) < 4.78 is 5.63. The summed E-state index contributed by atoms with van der Waals surface area (Å²) in [7, 11) is 3.72. The van der Waals surface area contributed by atoms with Crippen LogP contribution in [0.1, 0.15) is 41.0 Å². The number of amides is 1. The highest BCUT2D eigenvalue weighted by Gasteiger charge is 2.33. The summed E-state index contributed by atoms with van der Waals surface area (Å²) in [6.07, 6.45) is 0.926. The normalized spacial score (nSPS) is 14.9. The van der Waals surface area contributed by atoms with Gasteiger partial charge in [0.05, 0.1) is 19.4 Å². The molecule has 10 heteroatoms. The molecule has 178 valence electrons. The first kappa shape index (κ1) is 23.4. The van der Waals surface area contributed by atoms with Crippen LogP contribution in [-0.2, 0) is 18.6 Å². The van der Waals surface area contributed by atoms with E-state index in [-0.39, 0.29) is 29.6 Å². The molecular weight excluding hydrogens is 434 g/mol. The minimum Gasteiger partial charge on any atom is -0.495 e. The summed E-state index contributed by atoms with van der Waals surface area (Å²) in [6.45, 7) is 5.14. The summed E-state index contributed by atoms with van der Waals surface area (Å²) in [6, 6.07) is 11.2. The number of para-hydroxylation sites is 1. The van der Waals surface area contributed by atoms with Crippen LogP contribution in [0.25, 0.3) is 0 Å². The van der Waals surface area contributed by atoms with Gasteiger partial charge in [-0.3, -0.25) is 9.69 Å². The van der Waals surface area contributed by atoms with Gasteiger partial charge >= 0.3 is 0 Å². The third kappa shape index (κ3) is 4.37. The van der Waals surface area contributed by atoms with Crippen LogP contribution in [0.15, 0.2) is 36.4 Å². The van der Waals surface area contributed by atoms with Crippen molar-refractivity contribution in [2.45, 2.75) is 32.4 Å². The van der Waals surface area contributed by atoms with Crippen molar-refractivity contribution < 1.29 is 14.6 Å². The lowest BCUT2D eigenvalue weighted by atomic mass is 9.83. The number of aliphatic hydroxyl groups excluding tert-OH is 1. The largest absolute Gasteiger partial charge is 0.495 e. The minimum atomic E-state index is -0.772. The SMILES string of the molecule is COc1cc2c(cc1Nc1nnc(C(N)=O)c(Nc3ccccc3CO)n1)C(C)(C)N(C)CC2. The highest BCUT2D eigenvalue weighted by Crippen LogP contribution is 2.40. The number of methoxy groups -OCH3 is 1. The van der Waals surface area contributed by atoms with Gasteiger partial charge < -0.3 is 26.2 Å². The van der Waals surface area contributed by atoms with Crippen molar-refractivity contribution in [3.63, 3.8) is 0 Å². The fourth-order valence-corrected chi connectivity index (χ4v) is 4.10. The number of likely N-dealkylation sites (N-methyl/N-ethyl adjacent to an activating group) is 1. The lowest BCUT2D eigenvalue weighted by molar-refractivity contribution is 0.0995. The van der Waals surface area contributed by atoms with Crippen LogP contribution in [0.3, 0.4) is 0 Å². The first-order chi connectivity index (χ1) is 16.2. The Kier molecular flexibility index (Phi) is 6.36. The molecule has 0 atom stereocenters. The van der Waals surface area contributed by atoms with Gasteiger partial charge in [0, 0.05) is 23.3 Å². The monoisotopic (exact) mass is 463 g/mol. The summed E-state index contributed by atoms with van der Waals surface area (Å²) in [5, 5.41) is 23.9. The molecule has 0 saturated carbocycles. The van der Waals surface area contributed by atoms with Crippen LogP contribution in [0.4, 0.5) is 23.1 Å². The molecule has 4 rings (SSSR count). The maximum Gasteiger partial charge on any atom is 0.273 e. The van der Waals surface area contributed by atoms with E-state index in [2.05, 4.69) is 51.6 Å². The summed E-state index contributed by atoms with van der Waals surface area (Å²) in [4.78, 5) is 18.7. The number of hydrogen-bond acceptors (Lipinski definition) is 9. The van der Waals surface area contributed by atoms with Crippen LogP contribution in [-0.4, -0.2) is 51.8 Å². The second kappa shape index (κ2) is 9.24. The van der Waals surface area contributed by atoms with E-state index in [0.29, 0.717) is 22.7 Å². The second-order valence-corrected chi connectivity index (χ2v) is 8.70. The van der Waals surface area contributed by atoms with E-state index in [4.69, 9.17) is 10.5 Å². The van der Waals surface area contributed by atoms with Crippen LogP contribution in [0.5, 0.6) is 5.75 Å². The van der Waals surface area contributed by atoms with E-state index >= 15 is 0 Å². The molecule has 5 N–H and O–H groups in total. The molecule has 0 unspecified atom stereocenters. The number of hydrogen-bond donors (Lipinski definition) is 4. The number of ether oxygens (including phenoxy) is 1. The Morgan fingerprint density at radius 2 is 1.97 bits per heavy atom. The maximum atomic E-state index is 11.9. The number of nitrogens with zero attached hydrogens (tertiary/aromatic N) is 4. The van der Waals surface area contributed by atoms with Crippen LogP contribution in [0, 0.1) is 0 Å². The van der Waals surface area contributed by atoms with Crippen molar-refractivity contribution in [3.05, 3.63) is 58.8 Å². The number of carbonyl (C=O) groups is 1. The van der Waals surface area contributed by atoms with Gasteiger partial charge in [-0.15, -0.1) is 10.2 Å². The maximum absolute atomic E-state index is 11.9. The average Bonchev–Trinajstić information content (AvgIpc) is 2.82. The Labute approximate surface area is 198 Å². The lowest BCUT2D eigenvalue weighted by Gasteiger charge is -2.42. The minimum absolute atomic E-state index is 0.113. The number of fused-ring (bicyclic) bond motifs is 1. The molecular formula is C24H29N7O3. The van der Waals surface area contributed by atoms with Gasteiger partial charge in [0.2, 0.25) is 5.95 Å². The van der Waals surface area contributed by atoms with Crippen molar-refractivity contribution in [1.82, 2.24) is 20.1 Å². The van der Waals surface area contributed by atoms with Crippen LogP contribution < -0.4 is 21.1 Å². The van der Waals surface area contributed by atoms with Gasteiger partial charge in [-0.2, -0.15) is 4.98 Å². The van der Waals surface area contributed by atoms with Crippen LogP contribution in [0.2, 0.25) is 0 Å². The molecule has 1 amide bonds. The number of nitrogens with two attached hydrogens (primary N) is 1. The lowest BCUT2D eigenvalue weighted by Crippen LogP contribution is -2.44. The number of anilines is 4. The third-order valence-electron chi connectivity index (χ3n) is 6.36. The predicted molar refractivity (Wildman–Crippen MR) is 130 cm³/mol. The van der Waals surface area contributed by atoms with Gasteiger partial charge in [0.25, 0.3) is 5.91 Å². The number of rotatable bonds is 7. The average molecular weight is 464 g/mol. The molecule has 3 aromatic rings. The standard InChI is InChI=1S/C24H29N7O3/c1-24(2)16-12-18(19(34-4)11-14(16)9-10-31(24)3)27-23-28-22(20(21(25)33)29-30-23)26-17-8-6-5-7-15(17)13-32/h5-8,11-12,32H,9-10,13H2,1-4H3,(H2,25,33)(H2,26,27,28,30). The summed E-state index contributed by atoms with van der Waals surface area (Å²) in [5.74, 6) is 0.172. The van der Waals surface area contributed by atoms with Gasteiger partial charge in [0.1, 0.15) is 5.75 Å². The number of carbonyl (C=O) groups excluding carboxylic acids is 1. The van der Waals surface area contributed by atoms with E-state index in [9.17, 15) is 9.90 Å². The zero-order valence-corrected chi connectivity index (χ0v) is 19.7. The smallest absolute Gasteiger partial charge is 0.273 e. The highest BCUT2D eigenvalue weighted by atomic mass is 16.5. The van der Waals surface area contributed by atoms with Crippen molar-refractivity contribution in [1.29, 1.82) is 0 Å². The molecule has 0 spiro atoms. The van der Waals surface area contributed by atoms with Gasteiger partial charge in [-0.1, -0.05) is 18.2 Å². The molecule has 0 saturated heterocycles. The van der Waals surface area contributed by atoms with Crippen molar-refractivity contribution in [2.24, 2.45) is 5.73 Å². The molecule has 10 nitrogen and oxygen atoms in total. The van der Waals surface area contributed by atoms with E-state index in [0.717, 1.165) is 13.0 Å². The Balaban J connectivity index is 1.73. The zero-order valence-electron chi connectivity index (χ0n) is 19.7. The molecule has 0 fully saturated rings. The number of nitrogens with one attached hydrogen (secondary N) is 2. The predicted octanol–water partition coefficient (Wildman–Crippen LogP) is 2.68. The number of aliphatic hydroxyl groups is 1. The number of aromatic nitrogens is 3. The molecule has 0 radical (unpaired) electrons. The van der Waals surface area contributed by atoms with E-state index in [1.54, 1.807) is 31.4 Å².